The molecule has 74 valence electrons. The van der Waals surface area contributed by atoms with Gasteiger partial charge in [-0.15, -0.1) is 0 Å². The van der Waals surface area contributed by atoms with Crippen LogP contribution in [0, 0.1) is 6.92 Å². The Labute approximate surface area is 86.7 Å². The summed E-state index contributed by atoms with van der Waals surface area (Å²) in [6.07, 6.45) is 0. The van der Waals surface area contributed by atoms with Crippen molar-refractivity contribution in [3.8, 4) is 5.75 Å². The minimum atomic E-state index is 0.240. The summed E-state index contributed by atoms with van der Waals surface area (Å²) in [6.45, 7) is 1.86. The van der Waals surface area contributed by atoms with Crippen LogP contribution in [-0.2, 0) is 0 Å². The summed E-state index contributed by atoms with van der Waals surface area (Å²) in [5, 5.41) is 11.9. The number of benzene rings is 2. The van der Waals surface area contributed by atoms with Crippen LogP contribution in [0.5, 0.6) is 5.75 Å². The number of aromatic hydroxyl groups is 1. The number of rotatable bonds is 0. The highest BCUT2D eigenvalue weighted by Gasteiger charge is 2.10. The second-order valence-corrected chi connectivity index (χ2v) is 3.71. The highest BCUT2D eigenvalue weighted by molar-refractivity contribution is 6.06. The second kappa shape index (κ2) is 2.76. The summed E-state index contributed by atoms with van der Waals surface area (Å²) < 4.78 is 5.61. The molecule has 2 heteroatoms. The lowest BCUT2D eigenvalue weighted by Crippen LogP contribution is -1.73. The lowest BCUT2D eigenvalue weighted by atomic mass is 10.1. The third-order valence-electron chi connectivity index (χ3n) is 2.72. The van der Waals surface area contributed by atoms with Crippen molar-refractivity contribution in [3.63, 3.8) is 0 Å². The topological polar surface area (TPSA) is 33.4 Å². The van der Waals surface area contributed by atoms with E-state index in [-0.39, 0.29) is 5.75 Å². The summed E-state index contributed by atoms with van der Waals surface area (Å²) in [5.41, 5.74) is 2.23. The summed E-state index contributed by atoms with van der Waals surface area (Å²) in [6, 6.07) is 11.7. The lowest BCUT2D eigenvalue weighted by Gasteiger charge is -1.97. The van der Waals surface area contributed by atoms with Crippen LogP contribution >= 0.6 is 0 Å². The zero-order valence-electron chi connectivity index (χ0n) is 8.32. The Kier molecular flexibility index (Phi) is 1.54. The number of phenols is 1. The number of phenolic OH excluding ortho intramolecular Hbond substituents is 1. The van der Waals surface area contributed by atoms with Gasteiger partial charge < -0.3 is 9.52 Å². The van der Waals surface area contributed by atoms with Crippen LogP contribution in [0.15, 0.2) is 40.8 Å². The van der Waals surface area contributed by atoms with E-state index < -0.39 is 0 Å². The molecule has 0 fully saturated rings. The molecule has 0 bridgehead atoms. The Hall–Kier alpha value is -1.96. The van der Waals surface area contributed by atoms with Gasteiger partial charge in [0.2, 0.25) is 0 Å². The van der Waals surface area contributed by atoms with Crippen molar-refractivity contribution in [2.45, 2.75) is 6.92 Å². The van der Waals surface area contributed by atoms with Gasteiger partial charge >= 0.3 is 0 Å². The first kappa shape index (κ1) is 8.36. The van der Waals surface area contributed by atoms with Crippen molar-refractivity contribution in [2.24, 2.45) is 0 Å². The monoisotopic (exact) mass is 198 g/mol. The van der Waals surface area contributed by atoms with Crippen LogP contribution in [-0.4, -0.2) is 5.11 Å². The minimum absolute atomic E-state index is 0.240. The van der Waals surface area contributed by atoms with E-state index in [4.69, 9.17) is 4.42 Å². The molecule has 2 aromatic carbocycles. The van der Waals surface area contributed by atoms with Crippen molar-refractivity contribution in [1.82, 2.24) is 0 Å². The average molecular weight is 198 g/mol. The first-order valence-electron chi connectivity index (χ1n) is 4.87. The van der Waals surface area contributed by atoms with Gasteiger partial charge in [0, 0.05) is 10.8 Å². The largest absolute Gasteiger partial charge is 0.504 e. The fourth-order valence-corrected chi connectivity index (χ4v) is 1.87. The summed E-state index contributed by atoms with van der Waals surface area (Å²) in [7, 11) is 0. The number of aryl methyl sites for hydroxylation is 1. The molecule has 3 aromatic rings. The van der Waals surface area contributed by atoms with E-state index in [1.165, 1.54) is 0 Å². The van der Waals surface area contributed by atoms with Crippen molar-refractivity contribution in [1.29, 1.82) is 0 Å². The van der Waals surface area contributed by atoms with Gasteiger partial charge in [-0.3, -0.25) is 0 Å². The molecule has 1 aromatic heterocycles. The van der Waals surface area contributed by atoms with Crippen LogP contribution in [0.1, 0.15) is 5.56 Å². The molecule has 0 spiro atoms. The molecule has 0 radical (unpaired) electrons. The molecule has 0 unspecified atom stereocenters. The lowest BCUT2D eigenvalue weighted by molar-refractivity contribution is 0.465. The van der Waals surface area contributed by atoms with Gasteiger partial charge in [-0.25, -0.2) is 0 Å². The van der Waals surface area contributed by atoms with Crippen LogP contribution in [0.2, 0.25) is 0 Å². The molecule has 15 heavy (non-hydrogen) atoms. The molecule has 0 aliphatic rings. The maximum Gasteiger partial charge on any atom is 0.177 e. The molecule has 0 saturated carbocycles. The quantitative estimate of drug-likeness (QED) is 0.598. The smallest absolute Gasteiger partial charge is 0.177 e. The number of furan rings is 1. The zero-order chi connectivity index (χ0) is 10.4. The normalized spacial score (nSPS) is 11.3. The fraction of sp³-hybridized carbons (Fsp3) is 0.0769. The Balaban J connectivity index is 2.60. The Bertz CT molecular complexity index is 650. The summed E-state index contributed by atoms with van der Waals surface area (Å²) in [5.74, 6) is 0.240. The predicted molar refractivity (Wildman–Crippen MR) is 60.1 cm³/mol. The van der Waals surface area contributed by atoms with Crippen LogP contribution < -0.4 is 0 Å². The molecule has 1 N–H and O–H groups in total. The maximum absolute atomic E-state index is 9.87. The highest BCUT2D eigenvalue weighted by Crippen LogP contribution is 2.35. The molecule has 0 saturated heterocycles. The van der Waals surface area contributed by atoms with Gasteiger partial charge in [0.1, 0.15) is 5.58 Å². The van der Waals surface area contributed by atoms with Gasteiger partial charge in [-0.2, -0.15) is 0 Å². The first-order valence-corrected chi connectivity index (χ1v) is 4.87. The van der Waals surface area contributed by atoms with Crippen LogP contribution in [0.4, 0.5) is 0 Å². The van der Waals surface area contributed by atoms with E-state index in [1.807, 2.05) is 43.3 Å². The van der Waals surface area contributed by atoms with Crippen molar-refractivity contribution in [3.05, 3.63) is 42.0 Å². The molecule has 3 rings (SSSR count). The summed E-state index contributed by atoms with van der Waals surface area (Å²) >= 11 is 0. The molecular weight excluding hydrogens is 188 g/mol. The van der Waals surface area contributed by atoms with Crippen LogP contribution in [0.25, 0.3) is 21.9 Å². The van der Waals surface area contributed by atoms with Gasteiger partial charge in [0.05, 0.1) is 0 Å². The van der Waals surface area contributed by atoms with Gasteiger partial charge in [-0.1, -0.05) is 24.3 Å². The highest BCUT2D eigenvalue weighted by atomic mass is 16.4. The predicted octanol–water partition coefficient (Wildman–Crippen LogP) is 3.60. The SMILES string of the molecule is Cc1ccc2c(oc3ccccc32)c1O. The second-order valence-electron chi connectivity index (χ2n) is 3.71. The molecule has 1 heterocycles. The molecule has 0 aliphatic heterocycles. The third-order valence-corrected chi connectivity index (χ3v) is 2.72. The molecule has 0 amide bonds. The standard InChI is InChI=1S/C13H10O2/c1-8-6-7-10-9-4-2-3-5-11(9)15-13(10)12(8)14/h2-7,14H,1H3. The van der Waals surface area contributed by atoms with E-state index in [2.05, 4.69) is 0 Å². The number of hydrogen-bond acceptors (Lipinski definition) is 2. The van der Waals surface area contributed by atoms with E-state index in [0.717, 1.165) is 21.9 Å². The minimum Gasteiger partial charge on any atom is -0.504 e. The average Bonchev–Trinajstić information content (AvgIpc) is 2.63. The Morgan fingerprint density at radius 1 is 1.00 bits per heavy atom. The Morgan fingerprint density at radius 2 is 1.80 bits per heavy atom. The third kappa shape index (κ3) is 1.05. The Morgan fingerprint density at radius 3 is 2.67 bits per heavy atom. The van der Waals surface area contributed by atoms with E-state index in [9.17, 15) is 5.11 Å². The number of fused-ring (bicyclic) bond motifs is 3. The zero-order valence-corrected chi connectivity index (χ0v) is 8.32. The van der Waals surface area contributed by atoms with E-state index in [0.29, 0.717) is 5.58 Å². The summed E-state index contributed by atoms with van der Waals surface area (Å²) in [4.78, 5) is 0. The van der Waals surface area contributed by atoms with Gasteiger partial charge in [0.25, 0.3) is 0 Å². The first-order chi connectivity index (χ1) is 7.27. The van der Waals surface area contributed by atoms with Crippen LogP contribution in [0.3, 0.4) is 0 Å². The van der Waals surface area contributed by atoms with Gasteiger partial charge in [0.15, 0.2) is 11.3 Å². The van der Waals surface area contributed by atoms with E-state index >= 15 is 0 Å². The van der Waals surface area contributed by atoms with Crippen molar-refractivity contribution < 1.29 is 9.52 Å². The molecule has 0 aliphatic carbocycles. The van der Waals surface area contributed by atoms with E-state index in [1.54, 1.807) is 0 Å². The van der Waals surface area contributed by atoms with Gasteiger partial charge in [-0.05, 0) is 24.6 Å². The van der Waals surface area contributed by atoms with Crippen molar-refractivity contribution in [2.75, 3.05) is 0 Å². The number of hydrogen-bond donors (Lipinski definition) is 1. The molecule has 0 atom stereocenters. The molecule has 2 nitrogen and oxygen atoms in total. The number of para-hydroxylation sites is 1. The maximum atomic E-state index is 9.87. The fourth-order valence-electron chi connectivity index (χ4n) is 1.87. The molecular formula is C13H10O2. The van der Waals surface area contributed by atoms with Crippen molar-refractivity contribution >= 4 is 21.9 Å².